The summed E-state index contributed by atoms with van der Waals surface area (Å²) in [5, 5.41) is 8.34. The fourth-order valence-corrected chi connectivity index (χ4v) is 4.31. The normalized spacial score (nSPS) is 17.8. The van der Waals surface area contributed by atoms with Crippen molar-refractivity contribution in [1.82, 2.24) is 0 Å². The number of rotatable bonds is 2. The summed E-state index contributed by atoms with van der Waals surface area (Å²) < 4.78 is -0.647. The van der Waals surface area contributed by atoms with E-state index in [1.165, 1.54) is 0 Å². The minimum absolute atomic E-state index is 0.647. The number of carbonyl (C=O) groups is 1. The molecular weight excluding hydrogens is 313 g/mol. The van der Waals surface area contributed by atoms with Crippen LogP contribution in [0.3, 0.4) is 0 Å². The Bertz CT molecular complexity index is 166. The third-order valence-electron chi connectivity index (χ3n) is 1.14. The molecule has 1 rings (SSSR count). The van der Waals surface area contributed by atoms with Gasteiger partial charge < -0.3 is 10.8 Å². The predicted molar refractivity (Wildman–Crippen MR) is 67.2 cm³/mol. The van der Waals surface area contributed by atoms with Gasteiger partial charge in [-0.15, -0.1) is 0 Å². The zero-order valence-corrected chi connectivity index (χ0v) is 12.1. The number of thiol groups is 1. The van der Waals surface area contributed by atoms with Crippen LogP contribution in [0.5, 0.6) is 0 Å². The Hall–Kier alpha value is 1.35. The van der Waals surface area contributed by atoms with E-state index in [1.54, 1.807) is 13.8 Å². The molecule has 0 saturated carbocycles. The summed E-state index contributed by atoms with van der Waals surface area (Å²) >= 11 is 4.88. The van der Waals surface area contributed by atoms with Crippen LogP contribution >= 0.6 is 40.9 Å². The molecule has 0 aliphatic carbocycles. The van der Waals surface area contributed by atoms with Crippen molar-refractivity contribution in [2.24, 2.45) is 5.73 Å². The first-order valence-electron chi connectivity index (χ1n) is 3.23. The quantitative estimate of drug-likeness (QED) is 0.408. The van der Waals surface area contributed by atoms with Crippen molar-refractivity contribution in [3.05, 3.63) is 0 Å². The Balaban J connectivity index is 0.000000293. The Morgan fingerprint density at radius 1 is 1.62 bits per heavy atom. The molecule has 0 aromatic heterocycles. The minimum atomic E-state index is -1.02. The Morgan fingerprint density at radius 2 is 1.92 bits per heavy atom. The van der Waals surface area contributed by atoms with Crippen LogP contribution in [0, 0.1) is 0 Å². The molecule has 0 bridgehead atoms. The third-order valence-corrected chi connectivity index (χ3v) is 16.9. The zero-order chi connectivity index (χ0) is 10.5. The summed E-state index contributed by atoms with van der Waals surface area (Å²) in [6.45, 7) is 3.32. The summed E-state index contributed by atoms with van der Waals surface area (Å²) in [6.07, 6.45) is 0. The molecule has 0 radical (unpaired) electrons. The van der Waals surface area contributed by atoms with Crippen LogP contribution < -0.4 is 5.73 Å². The van der Waals surface area contributed by atoms with Crippen molar-refractivity contribution < 1.29 is 9.90 Å². The van der Waals surface area contributed by atoms with Crippen molar-refractivity contribution in [2.75, 3.05) is 0 Å². The Morgan fingerprint density at radius 3 is 1.92 bits per heavy atom. The Labute approximate surface area is 99.2 Å². The molecule has 78 valence electrons. The van der Waals surface area contributed by atoms with E-state index >= 15 is 0 Å². The maximum absolute atomic E-state index is 10.2. The van der Waals surface area contributed by atoms with Crippen LogP contribution in [-0.4, -0.2) is 34.6 Å². The molecule has 0 unspecified atom stereocenters. The van der Waals surface area contributed by atoms with E-state index in [4.69, 9.17) is 10.8 Å². The van der Waals surface area contributed by atoms with Gasteiger partial charge in [0.2, 0.25) is 0 Å². The topological polar surface area (TPSA) is 63.3 Å². The second kappa shape index (κ2) is 6.76. The van der Waals surface area contributed by atoms with Crippen LogP contribution in [0.2, 0.25) is 0 Å². The first-order valence-corrected chi connectivity index (χ1v) is 11.2. The van der Waals surface area contributed by atoms with Gasteiger partial charge in [-0.25, -0.2) is 0 Å². The molecule has 8 heteroatoms. The van der Waals surface area contributed by atoms with Gasteiger partial charge in [0, 0.05) is 4.75 Å². The van der Waals surface area contributed by atoms with Crippen molar-refractivity contribution >= 4 is 59.6 Å². The van der Waals surface area contributed by atoms with Gasteiger partial charge in [0.05, 0.1) is 0 Å². The number of nitrogens with two attached hydrogens (primary N) is 1. The standard InChI is InChI=1S/C5H11NO2S.S3Se/c1-5(2,9)3(6)4(7)8;1-2-4-3-1/h3,9H,6H2,1-2H3,(H,7,8);/t3-;/m1./s1. The fraction of sp³-hybridized carbons (Fsp3) is 0.800. The van der Waals surface area contributed by atoms with Crippen molar-refractivity contribution in [3.8, 4) is 0 Å². The molecule has 1 atom stereocenters. The molecular formula is C5H11NO2S4Se. The van der Waals surface area contributed by atoms with E-state index in [1.807, 2.05) is 28.2 Å². The first-order chi connectivity index (χ1) is 5.85. The van der Waals surface area contributed by atoms with Crippen LogP contribution in [0.4, 0.5) is 0 Å². The predicted octanol–water partition coefficient (Wildman–Crippen LogP) is 1.67. The van der Waals surface area contributed by atoms with Gasteiger partial charge in [-0.2, -0.15) is 12.6 Å². The van der Waals surface area contributed by atoms with Crippen LogP contribution in [0.15, 0.2) is 0 Å². The molecule has 3 nitrogen and oxygen atoms in total. The molecule has 0 aromatic rings. The summed E-state index contributed by atoms with van der Waals surface area (Å²) in [5.74, 6) is -1.02. The van der Waals surface area contributed by atoms with Crippen LogP contribution in [0.25, 0.3) is 0 Å². The van der Waals surface area contributed by atoms with Gasteiger partial charge in [-0.1, -0.05) is 0 Å². The number of aliphatic carboxylic acids is 1. The molecule has 0 spiro atoms. The molecule has 3 N–H and O–H groups in total. The van der Waals surface area contributed by atoms with Crippen LogP contribution in [-0.2, 0) is 4.79 Å². The third kappa shape index (κ3) is 7.30. The first kappa shape index (κ1) is 14.3. The van der Waals surface area contributed by atoms with Crippen molar-refractivity contribution in [2.45, 2.75) is 24.6 Å². The van der Waals surface area contributed by atoms with Crippen molar-refractivity contribution in [3.63, 3.8) is 0 Å². The average Bonchev–Trinajstić information content (AvgIpc) is 1.79. The van der Waals surface area contributed by atoms with E-state index < -0.39 is 16.8 Å². The number of hydrogen-bond donors (Lipinski definition) is 3. The number of carboxylic acids is 1. The second-order valence-electron chi connectivity index (χ2n) is 2.74. The summed E-state index contributed by atoms with van der Waals surface area (Å²) in [4.78, 5) is 10.2. The molecule has 0 aromatic carbocycles. The monoisotopic (exact) mass is 325 g/mol. The molecule has 1 heterocycles. The van der Waals surface area contributed by atoms with E-state index in [-0.39, 0.29) is 0 Å². The molecule has 1 fully saturated rings. The van der Waals surface area contributed by atoms with Gasteiger partial charge in [-0.3, -0.25) is 4.79 Å². The van der Waals surface area contributed by atoms with E-state index in [0.29, 0.717) is 0 Å². The van der Waals surface area contributed by atoms with Gasteiger partial charge in [0.1, 0.15) is 6.04 Å². The van der Waals surface area contributed by atoms with Gasteiger partial charge in [0.15, 0.2) is 0 Å². The van der Waals surface area contributed by atoms with Crippen LogP contribution in [0.1, 0.15) is 13.8 Å². The molecule has 13 heavy (non-hydrogen) atoms. The van der Waals surface area contributed by atoms with Gasteiger partial charge in [-0.05, 0) is 13.8 Å². The average molecular weight is 324 g/mol. The summed E-state index contributed by atoms with van der Waals surface area (Å²) in [7, 11) is 5.86. The Kier molecular flexibility index (Phi) is 7.47. The fourth-order valence-electron chi connectivity index (χ4n) is 0.330. The van der Waals surface area contributed by atoms with Crippen molar-refractivity contribution in [1.29, 1.82) is 0 Å². The second-order valence-corrected chi connectivity index (χ2v) is 15.0. The maximum atomic E-state index is 10.2. The van der Waals surface area contributed by atoms with Gasteiger partial charge in [0.25, 0.3) is 0 Å². The number of hydrogen-bond acceptors (Lipinski definition) is 6. The van der Waals surface area contributed by atoms with E-state index in [2.05, 4.69) is 12.6 Å². The van der Waals surface area contributed by atoms with E-state index in [0.717, 1.165) is 12.7 Å². The summed E-state index contributed by atoms with van der Waals surface area (Å²) in [6, 6.07) is -0.902. The molecule has 1 aliphatic rings. The van der Waals surface area contributed by atoms with Gasteiger partial charge >= 0.3 is 46.9 Å². The van der Waals surface area contributed by atoms with E-state index in [9.17, 15) is 4.79 Å². The zero-order valence-electron chi connectivity index (χ0n) is 7.09. The number of carboxylic acid groups (broad SMARTS) is 1. The summed E-state index contributed by atoms with van der Waals surface area (Å²) in [5.41, 5.74) is 5.22. The molecule has 1 saturated heterocycles. The SMILES string of the molecule is CC(C)(S)[C@H](N)C(=O)O.S1S[Se]S1. The molecule has 0 amide bonds. The molecule has 1 aliphatic heterocycles.